The number of aliphatic hydroxyl groups excluding tert-OH is 2. The van der Waals surface area contributed by atoms with Crippen LogP contribution >= 0.6 is 0 Å². The Hall–Kier alpha value is -6.72. The largest absolute Gasteiger partial charge is 0.491 e. The SMILES string of the molecule is C#CCOc1ccc2ccc(OCC(O)COC(=O)c3ccc4cc(C(=O)OCC(O)COc5ccc6ccc(OCC#C)cc6c5)ccc4c3)cc2c1. The van der Waals surface area contributed by atoms with Gasteiger partial charge in [-0.25, -0.2) is 9.59 Å². The highest BCUT2D eigenvalue weighted by atomic mass is 16.6. The number of rotatable bonds is 16. The van der Waals surface area contributed by atoms with Gasteiger partial charge in [-0.1, -0.05) is 48.2 Å². The molecule has 2 N–H and O–H groups in total. The molecular weight excluding hydrogens is 688 g/mol. The van der Waals surface area contributed by atoms with Crippen LogP contribution in [0, 0.1) is 24.7 Å². The van der Waals surface area contributed by atoms with Gasteiger partial charge in [-0.05, 0) is 105 Å². The monoisotopic (exact) mass is 724 g/mol. The first-order chi connectivity index (χ1) is 26.3. The van der Waals surface area contributed by atoms with Crippen LogP contribution < -0.4 is 18.9 Å². The van der Waals surface area contributed by atoms with Crippen LogP contribution in [-0.2, 0) is 9.47 Å². The minimum atomic E-state index is -1.07. The summed E-state index contributed by atoms with van der Waals surface area (Å²) in [6.07, 6.45) is 8.40. The third-order valence-corrected chi connectivity index (χ3v) is 8.22. The van der Waals surface area contributed by atoms with Crippen LogP contribution in [0.15, 0.2) is 109 Å². The van der Waals surface area contributed by atoms with Gasteiger partial charge in [0, 0.05) is 0 Å². The van der Waals surface area contributed by atoms with E-state index in [1.165, 1.54) is 0 Å². The number of benzene rings is 6. The zero-order valence-electron chi connectivity index (χ0n) is 29.1. The van der Waals surface area contributed by atoms with Gasteiger partial charge in [-0.15, -0.1) is 12.8 Å². The minimum absolute atomic E-state index is 0.0945. The van der Waals surface area contributed by atoms with Crippen molar-refractivity contribution in [1.82, 2.24) is 0 Å². The van der Waals surface area contributed by atoms with Crippen molar-refractivity contribution in [2.75, 3.05) is 39.6 Å². The maximum absolute atomic E-state index is 12.8. The van der Waals surface area contributed by atoms with E-state index in [0.29, 0.717) is 33.8 Å². The molecule has 0 aromatic heterocycles. The summed E-state index contributed by atoms with van der Waals surface area (Å²) in [5, 5.41) is 25.9. The number of carbonyl (C=O) groups excluding carboxylic acids is 2. The van der Waals surface area contributed by atoms with Crippen molar-refractivity contribution in [3.63, 3.8) is 0 Å². The van der Waals surface area contributed by atoms with E-state index in [9.17, 15) is 19.8 Å². The summed E-state index contributed by atoms with van der Waals surface area (Å²) < 4.78 is 33.1. The highest BCUT2D eigenvalue weighted by Gasteiger charge is 2.16. The summed E-state index contributed by atoms with van der Waals surface area (Å²) >= 11 is 0. The zero-order chi connectivity index (χ0) is 37.9. The number of hydrogen-bond donors (Lipinski definition) is 2. The molecule has 54 heavy (non-hydrogen) atoms. The lowest BCUT2D eigenvalue weighted by Gasteiger charge is -2.14. The summed E-state index contributed by atoms with van der Waals surface area (Å²) in [6.45, 7) is -0.413. The molecule has 0 heterocycles. The van der Waals surface area contributed by atoms with Crippen molar-refractivity contribution >= 4 is 44.3 Å². The average molecular weight is 725 g/mol. The van der Waals surface area contributed by atoms with Crippen molar-refractivity contribution in [3.05, 3.63) is 120 Å². The van der Waals surface area contributed by atoms with Crippen LogP contribution in [0.2, 0.25) is 0 Å². The lowest BCUT2D eigenvalue weighted by Crippen LogP contribution is -2.25. The number of hydrogen-bond acceptors (Lipinski definition) is 10. The molecule has 0 amide bonds. The molecule has 6 rings (SSSR count). The molecule has 0 fully saturated rings. The summed E-state index contributed by atoms with van der Waals surface area (Å²) in [5.41, 5.74) is 0.547. The highest BCUT2D eigenvalue weighted by Crippen LogP contribution is 2.27. The van der Waals surface area contributed by atoms with Crippen molar-refractivity contribution < 1.29 is 48.2 Å². The molecule has 10 nitrogen and oxygen atoms in total. The summed E-state index contributed by atoms with van der Waals surface area (Å²) in [5.74, 6) is 5.96. The van der Waals surface area contributed by atoms with Gasteiger partial charge >= 0.3 is 11.9 Å². The molecule has 0 aliphatic heterocycles. The van der Waals surface area contributed by atoms with Crippen LogP contribution in [0.4, 0.5) is 0 Å². The molecule has 0 aliphatic rings. The predicted octanol–water partition coefficient (Wildman–Crippen LogP) is 6.36. The Morgan fingerprint density at radius 3 is 1.19 bits per heavy atom. The third-order valence-electron chi connectivity index (χ3n) is 8.22. The van der Waals surface area contributed by atoms with Crippen LogP contribution in [0.5, 0.6) is 23.0 Å². The van der Waals surface area contributed by atoms with Crippen LogP contribution in [0.25, 0.3) is 32.3 Å². The van der Waals surface area contributed by atoms with E-state index in [2.05, 4.69) is 11.8 Å². The lowest BCUT2D eigenvalue weighted by molar-refractivity contribution is 0.0127. The Balaban J connectivity index is 0.951. The number of terminal acetylenes is 2. The number of esters is 2. The van der Waals surface area contributed by atoms with E-state index in [1.807, 2.05) is 60.7 Å². The molecule has 2 atom stereocenters. The van der Waals surface area contributed by atoms with Gasteiger partial charge in [0.15, 0.2) is 0 Å². The standard InChI is InChI=1S/C44H36O10/c1-3-17-49-39-13-9-29-11-15-41(23-35(29)21-39)51-25-37(45)27-53-43(47)33-7-5-32-20-34(8-6-31(32)19-33)44(48)54-28-38(46)26-52-42-16-12-30-10-14-40(50-18-4-2)22-36(30)24-42/h1-2,5-16,19-24,37-38,45-46H,17-18,25-28H2. The van der Waals surface area contributed by atoms with Crippen LogP contribution in [0.3, 0.4) is 0 Å². The topological polar surface area (TPSA) is 130 Å². The maximum atomic E-state index is 12.8. The van der Waals surface area contributed by atoms with E-state index in [1.54, 1.807) is 48.5 Å². The number of ether oxygens (including phenoxy) is 6. The van der Waals surface area contributed by atoms with Gasteiger partial charge in [0.05, 0.1) is 11.1 Å². The second-order valence-corrected chi connectivity index (χ2v) is 12.2. The van der Waals surface area contributed by atoms with Gasteiger partial charge in [0.25, 0.3) is 0 Å². The Morgan fingerprint density at radius 2 is 0.815 bits per heavy atom. The van der Waals surface area contributed by atoms with Crippen molar-refractivity contribution in [2.24, 2.45) is 0 Å². The lowest BCUT2D eigenvalue weighted by atomic mass is 10.0. The highest BCUT2D eigenvalue weighted by molar-refractivity contribution is 5.99. The van der Waals surface area contributed by atoms with Crippen molar-refractivity contribution in [3.8, 4) is 47.7 Å². The molecule has 272 valence electrons. The second-order valence-electron chi connectivity index (χ2n) is 12.2. The molecule has 10 heteroatoms. The van der Waals surface area contributed by atoms with Crippen LogP contribution in [-0.4, -0.2) is 74.0 Å². The first kappa shape index (κ1) is 37.1. The fourth-order valence-electron chi connectivity index (χ4n) is 5.51. The molecule has 0 bridgehead atoms. The van der Waals surface area contributed by atoms with Gasteiger partial charge in [-0.3, -0.25) is 0 Å². The minimum Gasteiger partial charge on any atom is -0.491 e. The number of fused-ring (bicyclic) bond motifs is 3. The Kier molecular flexibility index (Phi) is 12.1. The number of carbonyl (C=O) groups is 2. The zero-order valence-corrected chi connectivity index (χ0v) is 29.1. The molecule has 0 aliphatic carbocycles. The normalized spacial score (nSPS) is 11.9. The molecule has 0 spiro atoms. The fraction of sp³-hybridized carbons (Fsp3) is 0.182. The van der Waals surface area contributed by atoms with Crippen molar-refractivity contribution in [1.29, 1.82) is 0 Å². The summed E-state index contributed by atoms with van der Waals surface area (Å²) in [7, 11) is 0. The van der Waals surface area contributed by atoms with E-state index in [-0.39, 0.29) is 50.8 Å². The number of aliphatic hydroxyl groups is 2. The smallest absolute Gasteiger partial charge is 0.338 e. The van der Waals surface area contributed by atoms with Crippen LogP contribution in [0.1, 0.15) is 20.7 Å². The Labute approximate surface area is 311 Å². The molecule has 2 unspecified atom stereocenters. The molecule has 0 radical (unpaired) electrons. The van der Waals surface area contributed by atoms with Gasteiger partial charge in [-0.2, -0.15) is 0 Å². The molecule has 0 saturated heterocycles. The third kappa shape index (κ3) is 9.78. The molecular formula is C44H36O10. The summed E-state index contributed by atoms with van der Waals surface area (Å²) in [6, 6.07) is 31.9. The molecule has 6 aromatic carbocycles. The van der Waals surface area contributed by atoms with Gasteiger partial charge in [0.1, 0.15) is 74.8 Å². The van der Waals surface area contributed by atoms with Gasteiger partial charge < -0.3 is 38.6 Å². The Bertz CT molecular complexity index is 2200. The molecule has 0 saturated carbocycles. The summed E-state index contributed by atoms with van der Waals surface area (Å²) in [4.78, 5) is 25.6. The van der Waals surface area contributed by atoms with E-state index in [4.69, 9.17) is 41.3 Å². The second kappa shape index (κ2) is 17.7. The Morgan fingerprint density at radius 1 is 0.463 bits per heavy atom. The van der Waals surface area contributed by atoms with E-state index < -0.39 is 24.1 Å². The quantitative estimate of drug-likeness (QED) is 0.0859. The van der Waals surface area contributed by atoms with Crippen molar-refractivity contribution in [2.45, 2.75) is 12.2 Å². The van der Waals surface area contributed by atoms with Gasteiger partial charge in [0.2, 0.25) is 0 Å². The average Bonchev–Trinajstić information content (AvgIpc) is 3.20. The first-order valence-electron chi connectivity index (χ1n) is 17.0. The predicted molar refractivity (Wildman–Crippen MR) is 204 cm³/mol. The van der Waals surface area contributed by atoms with E-state index >= 15 is 0 Å². The van der Waals surface area contributed by atoms with E-state index in [0.717, 1.165) is 21.5 Å². The maximum Gasteiger partial charge on any atom is 0.338 e. The fourth-order valence-corrected chi connectivity index (χ4v) is 5.51. The first-order valence-corrected chi connectivity index (χ1v) is 17.0. The molecule has 6 aromatic rings.